The molecule has 1 saturated heterocycles. The highest BCUT2D eigenvalue weighted by atomic mass is 16.3. The minimum Gasteiger partial charge on any atom is -0.508 e. The van der Waals surface area contributed by atoms with Crippen LogP contribution in [0.2, 0.25) is 0 Å². The average Bonchev–Trinajstić information content (AvgIpc) is 3.89. The quantitative estimate of drug-likeness (QED) is 0.0198. The molecular formula is C52H84N12O14. The summed E-state index contributed by atoms with van der Waals surface area (Å²) in [6, 6.07) is -4.71. The van der Waals surface area contributed by atoms with E-state index < -0.39 is 133 Å². The number of rotatable bonds is 43. The number of carbonyl (C=O) groups excluding carboxylic acids is 12. The van der Waals surface area contributed by atoms with Crippen LogP contribution in [0.4, 0.5) is 0 Å². The monoisotopic (exact) mass is 1100 g/mol. The Morgan fingerprint density at radius 2 is 1.09 bits per heavy atom. The Bertz CT molecular complexity index is 2130. The standard InChI is InChI=1S/C52H84N12O14/c1-2-3-4-5-6-7-8-9-10-11-12-13-15-34(62-63-40(29-46(56)72)50(76)61-41(32-67)52(78)64-25-14-16-42(64)51(77)58-36(31-66)20-24-44(54)70)27-47(73)59-39(28-45(55)71)49(75)60-38(26-33-17-21-37(68)22-18-33)48(74)57-35(30-65)19-23-43(53)69/h17-18,21-22,30-31,34-36,38-42,62-63,67-68H,2-16,19-20,23-29,32H2,1H3,(H2,53,69)(H2,54,70)(H2,55,71)(H2,56,72)(H,57,74)(H,58,77)(H,59,73)(H,60,75)(H,61,76)/t34?,35-,36-,38?,39-,40-,41-,42-/m0/s1. The number of hydrogen-bond acceptors (Lipinski definition) is 16. The lowest BCUT2D eigenvalue weighted by Crippen LogP contribution is -2.60. The molecule has 0 radical (unpaired) electrons. The number of aldehydes is 2. The second-order valence-corrected chi connectivity index (χ2v) is 19.8. The number of likely N-dealkylation sites (tertiary alicyclic amines) is 1. The van der Waals surface area contributed by atoms with Gasteiger partial charge in [0.2, 0.25) is 59.1 Å². The highest BCUT2D eigenvalue weighted by Crippen LogP contribution is 2.20. The number of aromatic hydroxyl groups is 1. The second kappa shape index (κ2) is 37.7. The molecule has 0 aliphatic carbocycles. The predicted octanol–water partition coefficient (Wildman–Crippen LogP) is -1.67. The van der Waals surface area contributed by atoms with E-state index in [-0.39, 0.29) is 50.8 Å². The third-order valence-corrected chi connectivity index (χ3v) is 13.1. The Hall–Kier alpha value is -7.06. The molecule has 17 N–H and O–H groups in total. The molecule has 2 rings (SSSR count). The predicted molar refractivity (Wildman–Crippen MR) is 284 cm³/mol. The fraction of sp³-hybridized carbons (Fsp3) is 0.654. The minimum absolute atomic E-state index is 0.0584. The normalized spacial score (nSPS) is 15.7. The molecule has 1 aromatic carbocycles. The van der Waals surface area contributed by atoms with Crippen LogP contribution in [0.3, 0.4) is 0 Å². The van der Waals surface area contributed by atoms with Gasteiger partial charge in [-0.2, -0.15) is 0 Å². The van der Waals surface area contributed by atoms with Gasteiger partial charge in [-0.05, 0) is 49.8 Å². The fourth-order valence-corrected chi connectivity index (χ4v) is 8.79. The first kappa shape index (κ1) is 67.1. The van der Waals surface area contributed by atoms with Crippen molar-refractivity contribution in [3.63, 3.8) is 0 Å². The van der Waals surface area contributed by atoms with E-state index in [1.54, 1.807) is 0 Å². The number of hydrogen-bond donors (Lipinski definition) is 13. The van der Waals surface area contributed by atoms with Crippen molar-refractivity contribution in [1.29, 1.82) is 0 Å². The number of primary amides is 4. The SMILES string of the molecule is CCCCCCCCCCCCCCC(CC(=O)N[C@@H](CC(N)=O)C(=O)NC(Cc1ccc(O)cc1)C(=O)N[C@H](C=O)CCC(N)=O)NN[C@@H](CC(N)=O)C(=O)N[C@@H](CO)C(=O)N1CCC[C@H]1C(=O)N[C@H](C=O)CCC(N)=O. The van der Waals surface area contributed by atoms with E-state index in [9.17, 15) is 67.7 Å². The molecule has 1 aromatic rings. The van der Waals surface area contributed by atoms with Gasteiger partial charge in [0.05, 0.1) is 31.5 Å². The van der Waals surface area contributed by atoms with E-state index in [1.165, 1.54) is 56.4 Å². The third-order valence-electron chi connectivity index (χ3n) is 13.1. The van der Waals surface area contributed by atoms with Gasteiger partial charge >= 0.3 is 0 Å². The number of nitrogens with two attached hydrogens (primary N) is 4. The van der Waals surface area contributed by atoms with E-state index in [2.05, 4.69) is 44.4 Å². The number of carbonyl (C=O) groups is 12. The molecule has 26 nitrogen and oxygen atoms in total. The number of benzene rings is 1. The molecule has 2 unspecified atom stereocenters. The Balaban J connectivity index is 2.31. The fourth-order valence-electron chi connectivity index (χ4n) is 8.79. The van der Waals surface area contributed by atoms with Gasteiger partial charge in [0.25, 0.3) is 0 Å². The summed E-state index contributed by atoms with van der Waals surface area (Å²) in [5.74, 6) is -8.63. The van der Waals surface area contributed by atoms with Crippen LogP contribution >= 0.6 is 0 Å². The molecule has 8 atom stereocenters. The van der Waals surface area contributed by atoms with E-state index in [0.717, 1.165) is 43.4 Å². The number of unbranched alkanes of at least 4 members (excludes halogenated alkanes) is 11. The molecule has 0 aromatic heterocycles. The van der Waals surface area contributed by atoms with Gasteiger partial charge in [-0.1, -0.05) is 96.1 Å². The molecule has 0 saturated carbocycles. The molecule has 1 heterocycles. The van der Waals surface area contributed by atoms with Crippen molar-refractivity contribution in [3.8, 4) is 5.75 Å². The van der Waals surface area contributed by atoms with Crippen LogP contribution in [0.5, 0.6) is 5.75 Å². The Morgan fingerprint density at radius 3 is 1.62 bits per heavy atom. The topological polar surface area (TPSA) is 437 Å². The zero-order valence-corrected chi connectivity index (χ0v) is 44.8. The molecule has 436 valence electrons. The van der Waals surface area contributed by atoms with Gasteiger partial charge in [0.15, 0.2) is 0 Å². The summed E-state index contributed by atoms with van der Waals surface area (Å²) in [5.41, 5.74) is 27.5. The highest BCUT2D eigenvalue weighted by molar-refractivity contribution is 5.96. The summed E-state index contributed by atoms with van der Waals surface area (Å²) in [4.78, 5) is 154. The minimum atomic E-state index is -1.64. The lowest BCUT2D eigenvalue weighted by atomic mass is 10.0. The first-order valence-electron chi connectivity index (χ1n) is 27.0. The number of nitrogens with one attached hydrogen (secondary N) is 7. The maximum absolute atomic E-state index is 13.9. The van der Waals surface area contributed by atoms with Crippen LogP contribution in [-0.2, 0) is 64.0 Å². The zero-order valence-electron chi connectivity index (χ0n) is 44.8. The van der Waals surface area contributed by atoms with Crippen molar-refractivity contribution in [1.82, 2.24) is 42.3 Å². The largest absolute Gasteiger partial charge is 0.508 e. The number of phenols is 1. The summed E-state index contributed by atoms with van der Waals surface area (Å²) in [6.45, 7) is 1.31. The summed E-state index contributed by atoms with van der Waals surface area (Å²) >= 11 is 0. The number of phenolic OH excluding ortho intramolecular Hbond substituents is 1. The number of aliphatic hydroxyl groups excluding tert-OH is 1. The van der Waals surface area contributed by atoms with Crippen molar-refractivity contribution in [2.75, 3.05) is 13.2 Å². The van der Waals surface area contributed by atoms with E-state index in [0.29, 0.717) is 37.4 Å². The highest BCUT2D eigenvalue weighted by Gasteiger charge is 2.39. The smallest absolute Gasteiger partial charge is 0.248 e. The van der Waals surface area contributed by atoms with Crippen molar-refractivity contribution in [2.45, 2.75) is 203 Å². The number of nitrogens with zero attached hydrogens (tertiary/aromatic N) is 1. The first-order chi connectivity index (χ1) is 37.2. The maximum Gasteiger partial charge on any atom is 0.248 e. The molecule has 0 spiro atoms. The Labute approximate surface area is 455 Å². The van der Waals surface area contributed by atoms with Gasteiger partial charge in [0.1, 0.15) is 48.5 Å². The van der Waals surface area contributed by atoms with E-state index in [1.807, 2.05) is 0 Å². The molecule has 26 heteroatoms. The first-order valence-corrected chi connectivity index (χ1v) is 27.0. The molecule has 78 heavy (non-hydrogen) atoms. The van der Waals surface area contributed by atoms with Gasteiger partial charge in [-0.3, -0.25) is 53.4 Å². The van der Waals surface area contributed by atoms with Crippen LogP contribution in [0.25, 0.3) is 0 Å². The molecule has 1 aliphatic rings. The van der Waals surface area contributed by atoms with Gasteiger partial charge in [-0.25, -0.2) is 5.43 Å². The van der Waals surface area contributed by atoms with E-state index in [4.69, 9.17) is 22.9 Å². The van der Waals surface area contributed by atoms with Crippen LogP contribution in [0.1, 0.15) is 154 Å². The molecule has 1 aliphatic heterocycles. The van der Waals surface area contributed by atoms with Crippen molar-refractivity contribution < 1.29 is 67.7 Å². The number of aliphatic hydroxyl groups is 1. The van der Waals surface area contributed by atoms with Crippen molar-refractivity contribution >= 4 is 71.6 Å². The van der Waals surface area contributed by atoms with Crippen molar-refractivity contribution in [2.24, 2.45) is 22.9 Å². The van der Waals surface area contributed by atoms with Crippen LogP contribution in [-0.4, -0.2) is 148 Å². The summed E-state index contributed by atoms with van der Waals surface area (Å²) < 4.78 is 0. The maximum atomic E-state index is 13.9. The lowest BCUT2D eigenvalue weighted by molar-refractivity contribution is -0.143. The van der Waals surface area contributed by atoms with Gasteiger partial charge in [0, 0.05) is 38.3 Å². The number of amides is 10. The third kappa shape index (κ3) is 27.3. The zero-order chi connectivity index (χ0) is 58.0. The molecular weight excluding hydrogens is 1020 g/mol. The molecule has 0 bridgehead atoms. The molecule has 10 amide bonds. The van der Waals surface area contributed by atoms with Gasteiger partial charge < -0.3 is 74.2 Å². The molecule has 1 fully saturated rings. The van der Waals surface area contributed by atoms with Crippen LogP contribution in [0.15, 0.2) is 24.3 Å². The summed E-state index contributed by atoms with van der Waals surface area (Å²) in [5, 5.41) is 32.5. The average molecular weight is 1100 g/mol. The summed E-state index contributed by atoms with van der Waals surface area (Å²) in [7, 11) is 0. The Morgan fingerprint density at radius 1 is 0.590 bits per heavy atom. The van der Waals surface area contributed by atoms with Gasteiger partial charge in [-0.15, -0.1) is 0 Å². The second-order valence-electron chi connectivity index (χ2n) is 19.8. The van der Waals surface area contributed by atoms with E-state index >= 15 is 0 Å². The Kier molecular flexibility index (Phi) is 32.4. The van der Waals surface area contributed by atoms with Crippen LogP contribution < -0.4 is 60.4 Å². The van der Waals surface area contributed by atoms with Crippen LogP contribution in [0, 0.1) is 0 Å². The van der Waals surface area contributed by atoms with Crippen molar-refractivity contribution in [3.05, 3.63) is 29.8 Å². The lowest BCUT2D eigenvalue weighted by Gasteiger charge is -2.30. The summed E-state index contributed by atoms with van der Waals surface area (Å²) in [6.07, 6.45) is 11.6. The number of hydrazine groups is 1.